The number of nitrogens with one attached hydrogen (secondary N) is 3. The Morgan fingerprint density at radius 2 is 1.71 bits per heavy atom. The second kappa shape index (κ2) is 10.2. The van der Waals surface area contributed by atoms with E-state index in [0.717, 1.165) is 0 Å². The van der Waals surface area contributed by atoms with Gasteiger partial charge in [-0.2, -0.15) is 0 Å². The lowest BCUT2D eigenvalue weighted by Gasteiger charge is -2.11. The molecular formula is C18H16ClN3O5S. The van der Waals surface area contributed by atoms with Crippen LogP contribution in [0, 0.1) is 0 Å². The van der Waals surface area contributed by atoms with Crippen molar-refractivity contribution in [1.29, 1.82) is 0 Å². The summed E-state index contributed by atoms with van der Waals surface area (Å²) in [6.45, 7) is -0.271. The lowest BCUT2D eigenvalue weighted by molar-refractivity contribution is -0.123. The maximum atomic E-state index is 12.2. The number of esters is 1. The summed E-state index contributed by atoms with van der Waals surface area (Å²) in [5.41, 5.74) is 5.10. The Labute approximate surface area is 171 Å². The van der Waals surface area contributed by atoms with Crippen LogP contribution in [0.4, 0.5) is 0 Å². The standard InChI is InChI=1S/C18H16ClN3O5S/c1-26-17(25)12-4-2-3-11(9-12)16(24)20-18(28)22-21-15(23)10-27-14-7-5-13(19)6-8-14/h2-9H,10H2,1H3,(H,21,23)(H2,20,22,24,28). The third-order valence-corrected chi connectivity index (χ3v) is 3.73. The van der Waals surface area contributed by atoms with Gasteiger partial charge >= 0.3 is 5.97 Å². The molecule has 0 radical (unpaired) electrons. The van der Waals surface area contributed by atoms with E-state index >= 15 is 0 Å². The number of hydrogen-bond donors (Lipinski definition) is 3. The molecule has 0 aliphatic rings. The van der Waals surface area contributed by atoms with Gasteiger partial charge < -0.3 is 9.47 Å². The van der Waals surface area contributed by atoms with E-state index in [1.165, 1.54) is 31.4 Å². The molecule has 2 aromatic rings. The quantitative estimate of drug-likeness (QED) is 0.384. The second-order valence-corrected chi connectivity index (χ2v) is 6.12. The molecule has 0 bridgehead atoms. The molecule has 2 aromatic carbocycles. The van der Waals surface area contributed by atoms with Crippen molar-refractivity contribution in [2.24, 2.45) is 0 Å². The van der Waals surface area contributed by atoms with Crippen LogP contribution in [0.25, 0.3) is 0 Å². The minimum absolute atomic E-state index is 0.131. The molecule has 0 spiro atoms. The van der Waals surface area contributed by atoms with Gasteiger partial charge in [0.25, 0.3) is 11.8 Å². The third kappa shape index (κ3) is 6.53. The second-order valence-electron chi connectivity index (χ2n) is 5.27. The van der Waals surface area contributed by atoms with Crippen molar-refractivity contribution in [3.63, 3.8) is 0 Å². The summed E-state index contributed by atoms with van der Waals surface area (Å²) in [5.74, 6) is -1.17. The molecule has 10 heteroatoms. The maximum absolute atomic E-state index is 12.2. The van der Waals surface area contributed by atoms with E-state index in [4.69, 9.17) is 28.6 Å². The molecule has 0 aliphatic heterocycles. The minimum Gasteiger partial charge on any atom is -0.484 e. The number of hydrazine groups is 1. The first kappa shape index (κ1) is 21.1. The summed E-state index contributed by atoms with van der Waals surface area (Å²) in [6, 6.07) is 12.4. The molecule has 2 rings (SSSR count). The minimum atomic E-state index is -0.566. The van der Waals surface area contributed by atoms with E-state index in [1.807, 2.05) is 0 Å². The molecule has 0 saturated heterocycles. The smallest absolute Gasteiger partial charge is 0.337 e. The number of carbonyl (C=O) groups excluding carboxylic acids is 3. The van der Waals surface area contributed by atoms with Crippen LogP contribution in [0.2, 0.25) is 5.02 Å². The number of hydrogen-bond acceptors (Lipinski definition) is 6. The predicted octanol–water partition coefficient (Wildman–Crippen LogP) is 1.84. The molecule has 0 aliphatic carbocycles. The Morgan fingerprint density at radius 1 is 1.04 bits per heavy atom. The van der Waals surface area contributed by atoms with Gasteiger partial charge in [0.15, 0.2) is 11.7 Å². The van der Waals surface area contributed by atoms with Gasteiger partial charge in [-0.25, -0.2) is 4.79 Å². The molecule has 3 N–H and O–H groups in total. The van der Waals surface area contributed by atoms with Gasteiger partial charge in [-0.3, -0.25) is 25.8 Å². The number of carbonyl (C=O) groups is 3. The lowest BCUT2D eigenvalue weighted by Crippen LogP contribution is -2.49. The summed E-state index contributed by atoms with van der Waals surface area (Å²) in [6.07, 6.45) is 0. The van der Waals surface area contributed by atoms with Gasteiger partial charge in [-0.05, 0) is 54.7 Å². The van der Waals surface area contributed by atoms with Gasteiger partial charge in [-0.15, -0.1) is 0 Å². The molecule has 0 saturated carbocycles. The molecule has 0 fully saturated rings. The SMILES string of the molecule is COC(=O)c1cccc(C(=O)NC(=S)NNC(=O)COc2ccc(Cl)cc2)c1. The van der Waals surface area contributed by atoms with E-state index < -0.39 is 17.8 Å². The number of ether oxygens (including phenoxy) is 2. The molecule has 0 atom stereocenters. The Hall–Kier alpha value is -3.17. The van der Waals surface area contributed by atoms with Crippen molar-refractivity contribution in [1.82, 2.24) is 16.2 Å². The number of amides is 2. The molecule has 2 amide bonds. The number of thiocarbonyl (C=S) groups is 1. The van der Waals surface area contributed by atoms with Crippen LogP contribution in [-0.2, 0) is 9.53 Å². The summed E-state index contributed by atoms with van der Waals surface area (Å²) >= 11 is 10.7. The first-order chi connectivity index (χ1) is 13.4. The monoisotopic (exact) mass is 421 g/mol. The van der Waals surface area contributed by atoms with Gasteiger partial charge in [0.05, 0.1) is 12.7 Å². The first-order valence-electron chi connectivity index (χ1n) is 7.86. The van der Waals surface area contributed by atoms with Crippen LogP contribution in [0.15, 0.2) is 48.5 Å². The van der Waals surface area contributed by atoms with Crippen LogP contribution in [0.1, 0.15) is 20.7 Å². The number of halogens is 1. The number of benzene rings is 2. The summed E-state index contributed by atoms with van der Waals surface area (Å²) < 4.78 is 9.87. The van der Waals surface area contributed by atoms with Gasteiger partial charge in [0.2, 0.25) is 0 Å². The van der Waals surface area contributed by atoms with E-state index in [2.05, 4.69) is 20.9 Å². The molecule has 146 valence electrons. The van der Waals surface area contributed by atoms with Crippen LogP contribution in [-0.4, -0.2) is 36.6 Å². The fourth-order valence-electron chi connectivity index (χ4n) is 1.95. The Morgan fingerprint density at radius 3 is 2.39 bits per heavy atom. The number of methoxy groups -OCH3 is 1. The van der Waals surface area contributed by atoms with Crippen molar-refractivity contribution in [2.75, 3.05) is 13.7 Å². The fourth-order valence-corrected chi connectivity index (χ4v) is 2.22. The van der Waals surface area contributed by atoms with Crippen molar-refractivity contribution >= 4 is 46.7 Å². The van der Waals surface area contributed by atoms with Crippen molar-refractivity contribution < 1.29 is 23.9 Å². The third-order valence-electron chi connectivity index (χ3n) is 3.27. The van der Waals surface area contributed by atoms with Crippen LogP contribution < -0.4 is 20.9 Å². The molecule has 28 heavy (non-hydrogen) atoms. The summed E-state index contributed by atoms with van der Waals surface area (Å²) in [5, 5.41) is 2.80. The molecular weight excluding hydrogens is 406 g/mol. The first-order valence-corrected chi connectivity index (χ1v) is 8.64. The fraction of sp³-hybridized carbons (Fsp3) is 0.111. The molecule has 8 nitrogen and oxygen atoms in total. The molecule has 0 aromatic heterocycles. The van der Waals surface area contributed by atoms with Gasteiger partial charge in [-0.1, -0.05) is 17.7 Å². The van der Waals surface area contributed by atoms with Crippen molar-refractivity contribution in [2.45, 2.75) is 0 Å². The number of rotatable bonds is 5. The average molecular weight is 422 g/mol. The van der Waals surface area contributed by atoms with Crippen molar-refractivity contribution in [3.05, 3.63) is 64.7 Å². The largest absolute Gasteiger partial charge is 0.484 e. The molecule has 0 unspecified atom stereocenters. The Balaban J connectivity index is 1.78. The Bertz CT molecular complexity index is 889. The van der Waals surface area contributed by atoms with Gasteiger partial charge in [0, 0.05) is 10.6 Å². The summed E-state index contributed by atoms with van der Waals surface area (Å²) in [7, 11) is 1.24. The molecule has 0 heterocycles. The maximum Gasteiger partial charge on any atom is 0.337 e. The van der Waals surface area contributed by atoms with Crippen LogP contribution in [0.5, 0.6) is 5.75 Å². The topological polar surface area (TPSA) is 106 Å². The normalized spacial score (nSPS) is 9.79. The van der Waals surface area contributed by atoms with E-state index in [0.29, 0.717) is 10.8 Å². The van der Waals surface area contributed by atoms with E-state index in [1.54, 1.807) is 24.3 Å². The zero-order chi connectivity index (χ0) is 20.5. The highest BCUT2D eigenvalue weighted by atomic mass is 35.5. The lowest BCUT2D eigenvalue weighted by atomic mass is 10.1. The summed E-state index contributed by atoms with van der Waals surface area (Å²) in [4.78, 5) is 35.4. The highest BCUT2D eigenvalue weighted by Gasteiger charge is 2.12. The highest BCUT2D eigenvalue weighted by Crippen LogP contribution is 2.15. The predicted molar refractivity (Wildman–Crippen MR) is 106 cm³/mol. The van der Waals surface area contributed by atoms with Crippen LogP contribution in [0.3, 0.4) is 0 Å². The van der Waals surface area contributed by atoms with Crippen LogP contribution >= 0.6 is 23.8 Å². The Kier molecular flexibility index (Phi) is 7.73. The zero-order valence-corrected chi connectivity index (χ0v) is 16.2. The zero-order valence-electron chi connectivity index (χ0n) is 14.7. The van der Waals surface area contributed by atoms with E-state index in [-0.39, 0.29) is 22.8 Å². The van der Waals surface area contributed by atoms with Gasteiger partial charge in [0.1, 0.15) is 5.75 Å². The highest BCUT2D eigenvalue weighted by molar-refractivity contribution is 7.80. The average Bonchev–Trinajstić information content (AvgIpc) is 2.71. The van der Waals surface area contributed by atoms with E-state index in [9.17, 15) is 14.4 Å². The van der Waals surface area contributed by atoms with Crippen molar-refractivity contribution in [3.8, 4) is 5.75 Å².